The van der Waals surface area contributed by atoms with Gasteiger partial charge in [-0.3, -0.25) is 14.3 Å². The van der Waals surface area contributed by atoms with E-state index in [1.807, 2.05) is 27.7 Å². The molecule has 2 aliphatic heterocycles. The van der Waals surface area contributed by atoms with Crippen molar-refractivity contribution in [2.24, 2.45) is 0 Å². The van der Waals surface area contributed by atoms with Crippen LogP contribution in [0.2, 0.25) is 0 Å². The third kappa shape index (κ3) is 7.66. The molecule has 2 aromatic heterocycles. The Morgan fingerprint density at radius 1 is 1.04 bits per heavy atom. The number of halogens is 5. The van der Waals surface area contributed by atoms with Crippen LogP contribution in [0.4, 0.5) is 27.8 Å². The average Bonchev–Trinajstić information content (AvgIpc) is 3.28. The normalized spacial score (nSPS) is 17.6. The number of anilines is 1. The largest absolute Gasteiger partial charge is 0.417 e. The number of alkyl halides is 3. The smallest absolute Gasteiger partial charge is 0.352 e. The van der Waals surface area contributed by atoms with Gasteiger partial charge in [-0.05, 0) is 68.0 Å². The van der Waals surface area contributed by atoms with Crippen molar-refractivity contribution in [1.29, 1.82) is 0 Å². The van der Waals surface area contributed by atoms with E-state index in [4.69, 9.17) is 0 Å². The Morgan fingerprint density at radius 2 is 1.70 bits per heavy atom. The Hall–Kier alpha value is -4.26. The summed E-state index contributed by atoms with van der Waals surface area (Å²) in [6, 6.07) is 8.33. The summed E-state index contributed by atoms with van der Waals surface area (Å²) in [5, 5.41) is 0.232. The molecule has 0 spiro atoms. The minimum absolute atomic E-state index is 0.0645. The standard InChI is InChI=1S/C27H26F4N4O2S.C5H4FN.C2H6/c1-4-21(36)35-15(2)13-33(14-16(35)3)25-19-12-20(27(29,30)31)22(17-6-8-18(28)9-7-17)24-23(19)34(26(37)32-25)10-5-11-38-24;6-5-2-1-3-7-4-5;1-2/h4,6-9,12,15-16H,1,5,10-11,13-14H2,2-3H3;1-4H;1-2H3. The summed E-state index contributed by atoms with van der Waals surface area (Å²) in [6.45, 7) is 12.2. The Morgan fingerprint density at radius 3 is 2.23 bits per heavy atom. The molecule has 0 radical (unpaired) electrons. The summed E-state index contributed by atoms with van der Waals surface area (Å²) in [7, 11) is 0. The number of aromatic nitrogens is 3. The van der Waals surface area contributed by atoms with Gasteiger partial charge in [0.25, 0.3) is 0 Å². The van der Waals surface area contributed by atoms with Gasteiger partial charge >= 0.3 is 11.9 Å². The SMILES string of the molecule is C=CC(=O)N1C(C)CN(c2nc(=O)n3c4c(c(-c5ccc(F)cc5)c(C(F)(F)F)cc24)SCCC3)CC1C.CC.Fc1cccnc1. The Bertz CT molecular complexity index is 1770. The van der Waals surface area contributed by atoms with E-state index in [0.29, 0.717) is 42.2 Å². The van der Waals surface area contributed by atoms with Crippen LogP contribution in [0.3, 0.4) is 0 Å². The number of pyridine rings is 1. The number of hydrogen-bond donors (Lipinski definition) is 0. The fraction of sp³-hybridized carbons (Fsp3) is 0.353. The molecule has 2 atom stereocenters. The zero-order valence-electron chi connectivity index (χ0n) is 26.5. The van der Waals surface area contributed by atoms with Gasteiger partial charge in [-0.25, -0.2) is 13.6 Å². The zero-order chi connectivity index (χ0) is 34.5. The molecule has 13 heteroatoms. The second-order valence-electron chi connectivity index (χ2n) is 10.8. The highest BCUT2D eigenvalue weighted by Crippen LogP contribution is 2.48. The maximum Gasteiger partial charge on any atom is 0.417 e. The van der Waals surface area contributed by atoms with E-state index in [2.05, 4.69) is 16.5 Å². The number of nitrogens with zero attached hydrogens (tertiary/aromatic N) is 5. The maximum atomic E-state index is 14.6. The number of carbonyl (C=O) groups excluding carboxylic acids is 1. The molecule has 1 saturated heterocycles. The van der Waals surface area contributed by atoms with Crippen molar-refractivity contribution in [2.45, 2.75) is 63.8 Å². The highest BCUT2D eigenvalue weighted by molar-refractivity contribution is 7.99. The molecule has 2 aromatic carbocycles. The highest BCUT2D eigenvalue weighted by atomic mass is 32.2. The van der Waals surface area contributed by atoms with E-state index in [0.717, 1.165) is 18.2 Å². The van der Waals surface area contributed by atoms with Gasteiger partial charge in [0.05, 0.1) is 17.3 Å². The number of piperazine rings is 1. The van der Waals surface area contributed by atoms with Crippen LogP contribution in [0, 0.1) is 11.6 Å². The Balaban J connectivity index is 0.000000486. The monoisotopic (exact) mass is 673 g/mol. The predicted molar refractivity (Wildman–Crippen MR) is 175 cm³/mol. The van der Waals surface area contributed by atoms with Crippen LogP contribution in [-0.2, 0) is 17.5 Å². The van der Waals surface area contributed by atoms with Crippen molar-refractivity contribution in [3.8, 4) is 11.1 Å². The number of thioether (sulfide) groups is 1. The first-order valence-corrected chi connectivity index (χ1v) is 16.2. The van der Waals surface area contributed by atoms with Crippen LogP contribution in [0.5, 0.6) is 0 Å². The number of carbonyl (C=O) groups is 1. The van der Waals surface area contributed by atoms with Gasteiger partial charge < -0.3 is 9.80 Å². The molecule has 0 bridgehead atoms. The third-order valence-electron chi connectivity index (χ3n) is 7.68. The first-order chi connectivity index (χ1) is 22.4. The van der Waals surface area contributed by atoms with Crippen molar-refractivity contribution >= 4 is 34.4 Å². The summed E-state index contributed by atoms with van der Waals surface area (Å²) in [6.07, 6.45) is -0.197. The highest BCUT2D eigenvalue weighted by Gasteiger charge is 2.39. The summed E-state index contributed by atoms with van der Waals surface area (Å²) in [4.78, 5) is 37.3. The van der Waals surface area contributed by atoms with Crippen LogP contribution >= 0.6 is 11.8 Å². The molecule has 4 heterocycles. The van der Waals surface area contributed by atoms with Gasteiger partial charge in [-0.15, -0.1) is 11.8 Å². The van der Waals surface area contributed by atoms with Crippen molar-refractivity contribution in [2.75, 3.05) is 23.7 Å². The number of rotatable bonds is 3. The molecule has 7 nitrogen and oxygen atoms in total. The van der Waals surface area contributed by atoms with Gasteiger partial charge in [0.2, 0.25) is 5.91 Å². The van der Waals surface area contributed by atoms with Crippen molar-refractivity contribution in [3.05, 3.63) is 95.2 Å². The summed E-state index contributed by atoms with van der Waals surface area (Å²) in [5.74, 6) is -0.390. The lowest BCUT2D eigenvalue weighted by atomic mass is 9.96. The van der Waals surface area contributed by atoms with E-state index in [-0.39, 0.29) is 46.1 Å². The van der Waals surface area contributed by atoms with Gasteiger partial charge in [0.1, 0.15) is 17.5 Å². The zero-order valence-corrected chi connectivity index (χ0v) is 27.3. The van der Waals surface area contributed by atoms with E-state index < -0.39 is 23.2 Å². The van der Waals surface area contributed by atoms with Crippen LogP contribution in [-0.4, -0.2) is 56.3 Å². The van der Waals surface area contributed by atoms with Crippen LogP contribution in [0.1, 0.15) is 39.7 Å². The predicted octanol–water partition coefficient (Wildman–Crippen LogP) is 7.58. The minimum Gasteiger partial charge on any atom is -0.352 e. The lowest BCUT2D eigenvalue weighted by Gasteiger charge is -2.44. The first-order valence-electron chi connectivity index (χ1n) is 15.2. The first kappa shape index (κ1) is 35.6. The summed E-state index contributed by atoms with van der Waals surface area (Å²) >= 11 is 1.27. The van der Waals surface area contributed by atoms with Crippen LogP contribution < -0.4 is 10.6 Å². The second kappa shape index (κ2) is 15.1. The molecule has 4 aromatic rings. The van der Waals surface area contributed by atoms with Gasteiger partial charge in [0, 0.05) is 53.8 Å². The lowest BCUT2D eigenvalue weighted by Crippen LogP contribution is -2.58. The number of hydrogen-bond acceptors (Lipinski definition) is 6. The van der Waals surface area contributed by atoms with Crippen molar-refractivity contribution in [3.63, 3.8) is 0 Å². The van der Waals surface area contributed by atoms with Crippen molar-refractivity contribution in [1.82, 2.24) is 19.4 Å². The Kier molecular flexibility index (Phi) is 11.4. The molecule has 250 valence electrons. The molecule has 0 aliphatic carbocycles. The average molecular weight is 674 g/mol. The van der Waals surface area contributed by atoms with Crippen molar-refractivity contribution < 1.29 is 26.7 Å². The maximum absolute atomic E-state index is 14.6. The van der Waals surface area contributed by atoms with Crippen LogP contribution in [0.25, 0.3) is 22.0 Å². The van der Waals surface area contributed by atoms with Gasteiger partial charge in [-0.2, -0.15) is 18.2 Å². The molecule has 6 rings (SSSR count). The van der Waals surface area contributed by atoms with E-state index >= 15 is 0 Å². The molecule has 47 heavy (non-hydrogen) atoms. The number of aryl methyl sites for hydroxylation is 1. The van der Waals surface area contributed by atoms with E-state index in [9.17, 15) is 31.5 Å². The van der Waals surface area contributed by atoms with Crippen LogP contribution in [0.15, 0.2) is 77.2 Å². The summed E-state index contributed by atoms with van der Waals surface area (Å²) < 4.78 is 70.7. The molecule has 2 unspecified atom stereocenters. The topological polar surface area (TPSA) is 71.3 Å². The molecular formula is C34H36F5N5O2S. The molecule has 1 amide bonds. The summed E-state index contributed by atoms with van der Waals surface area (Å²) in [5.41, 5.74) is -0.840. The Labute approximate surface area is 274 Å². The van der Waals surface area contributed by atoms with Gasteiger partial charge in [0.15, 0.2) is 0 Å². The second-order valence-corrected chi connectivity index (χ2v) is 11.9. The molecule has 0 N–H and O–H groups in total. The molecule has 0 saturated carbocycles. The van der Waals surface area contributed by atoms with Gasteiger partial charge in [-0.1, -0.05) is 32.6 Å². The lowest BCUT2D eigenvalue weighted by molar-refractivity contribution is -0.137. The molecular weight excluding hydrogens is 637 g/mol. The minimum atomic E-state index is -4.71. The fourth-order valence-electron chi connectivity index (χ4n) is 5.88. The van der Waals surface area contributed by atoms with E-state index in [1.165, 1.54) is 53.0 Å². The number of benzene rings is 2. The van der Waals surface area contributed by atoms with E-state index in [1.54, 1.807) is 15.9 Å². The number of amides is 1. The third-order valence-corrected chi connectivity index (χ3v) is 8.86. The quantitative estimate of drug-likeness (QED) is 0.165. The fourth-order valence-corrected chi connectivity index (χ4v) is 7.09. The molecule has 1 fully saturated rings. The molecule has 2 aliphatic rings.